The highest BCUT2D eigenvalue weighted by Gasteiger charge is 2.31. The molecule has 104 valence electrons. The summed E-state index contributed by atoms with van der Waals surface area (Å²) >= 11 is 0. The molecular formula is C13H24N2O3. The van der Waals surface area contributed by atoms with Crippen LogP contribution < -0.4 is 11.1 Å². The summed E-state index contributed by atoms with van der Waals surface area (Å²) in [5.74, 6) is -1.15. The minimum Gasteiger partial charge on any atom is -0.481 e. The molecule has 1 fully saturated rings. The number of aliphatic carboxylic acids is 1. The lowest BCUT2D eigenvalue weighted by atomic mass is 9.85. The zero-order valence-corrected chi connectivity index (χ0v) is 11.4. The second-order valence-electron chi connectivity index (χ2n) is 6.29. The molecule has 0 radical (unpaired) electrons. The van der Waals surface area contributed by atoms with Crippen LogP contribution in [0.25, 0.3) is 0 Å². The minimum absolute atomic E-state index is 0.00855. The molecule has 1 amide bonds. The third-order valence-corrected chi connectivity index (χ3v) is 3.66. The second-order valence-corrected chi connectivity index (χ2v) is 6.29. The molecular weight excluding hydrogens is 232 g/mol. The number of carbonyl (C=O) groups excluding carboxylic acids is 1. The Kier molecular flexibility index (Phi) is 4.73. The van der Waals surface area contributed by atoms with Crippen molar-refractivity contribution in [3.8, 4) is 0 Å². The molecule has 4 N–H and O–H groups in total. The first kappa shape index (κ1) is 15.0. The molecule has 0 saturated heterocycles. The van der Waals surface area contributed by atoms with E-state index in [4.69, 9.17) is 10.8 Å². The summed E-state index contributed by atoms with van der Waals surface area (Å²) in [5.41, 5.74) is 5.85. The summed E-state index contributed by atoms with van der Waals surface area (Å²) in [6.45, 7) is 6.00. The van der Waals surface area contributed by atoms with E-state index in [0.29, 0.717) is 12.8 Å². The van der Waals surface area contributed by atoms with E-state index in [2.05, 4.69) is 5.32 Å². The molecule has 1 aliphatic carbocycles. The van der Waals surface area contributed by atoms with Gasteiger partial charge in [-0.25, -0.2) is 0 Å². The number of nitrogens with one attached hydrogen (secondary N) is 1. The molecule has 18 heavy (non-hydrogen) atoms. The van der Waals surface area contributed by atoms with Crippen LogP contribution in [0.15, 0.2) is 0 Å². The average molecular weight is 256 g/mol. The van der Waals surface area contributed by atoms with E-state index in [1.54, 1.807) is 0 Å². The SMILES string of the molecule is CC(C)(C)C(N)CC(=O)NC1CCC(C(=O)O)C1. The monoisotopic (exact) mass is 256 g/mol. The number of hydrogen-bond acceptors (Lipinski definition) is 3. The number of hydrogen-bond donors (Lipinski definition) is 3. The quantitative estimate of drug-likeness (QED) is 0.702. The number of carbonyl (C=O) groups is 2. The number of nitrogens with two attached hydrogens (primary N) is 1. The Hall–Kier alpha value is -1.10. The van der Waals surface area contributed by atoms with Gasteiger partial charge in [-0.1, -0.05) is 20.8 Å². The Balaban J connectivity index is 2.36. The molecule has 5 nitrogen and oxygen atoms in total. The van der Waals surface area contributed by atoms with Crippen LogP contribution in [0.3, 0.4) is 0 Å². The van der Waals surface area contributed by atoms with E-state index in [0.717, 1.165) is 6.42 Å². The summed E-state index contributed by atoms with van der Waals surface area (Å²) in [6, 6.07) is -0.194. The highest BCUT2D eigenvalue weighted by Crippen LogP contribution is 2.26. The lowest BCUT2D eigenvalue weighted by molar-refractivity contribution is -0.141. The summed E-state index contributed by atoms with van der Waals surface area (Å²) in [5, 5.41) is 11.8. The first-order chi connectivity index (χ1) is 8.20. The maximum absolute atomic E-state index is 11.8. The Morgan fingerprint density at radius 1 is 1.39 bits per heavy atom. The van der Waals surface area contributed by atoms with E-state index in [9.17, 15) is 9.59 Å². The lowest BCUT2D eigenvalue weighted by Gasteiger charge is -2.27. The number of carboxylic acids is 1. The van der Waals surface area contributed by atoms with Gasteiger partial charge in [-0.05, 0) is 24.7 Å². The van der Waals surface area contributed by atoms with Gasteiger partial charge >= 0.3 is 5.97 Å². The van der Waals surface area contributed by atoms with Gasteiger partial charge in [-0.2, -0.15) is 0 Å². The van der Waals surface area contributed by atoms with Crippen molar-refractivity contribution in [1.82, 2.24) is 5.32 Å². The first-order valence-electron chi connectivity index (χ1n) is 6.48. The molecule has 0 spiro atoms. The van der Waals surface area contributed by atoms with Crippen LogP contribution in [0.1, 0.15) is 46.5 Å². The van der Waals surface area contributed by atoms with Gasteiger partial charge in [-0.15, -0.1) is 0 Å². The molecule has 1 rings (SSSR count). The van der Waals surface area contributed by atoms with Gasteiger partial charge in [0.2, 0.25) is 5.91 Å². The Morgan fingerprint density at radius 3 is 2.44 bits per heavy atom. The zero-order chi connectivity index (χ0) is 13.9. The number of rotatable bonds is 4. The third-order valence-electron chi connectivity index (χ3n) is 3.66. The third kappa shape index (κ3) is 4.29. The maximum atomic E-state index is 11.8. The summed E-state index contributed by atoms with van der Waals surface area (Å²) in [4.78, 5) is 22.6. The summed E-state index contributed by atoms with van der Waals surface area (Å²) < 4.78 is 0. The van der Waals surface area contributed by atoms with Crippen LogP contribution in [-0.2, 0) is 9.59 Å². The van der Waals surface area contributed by atoms with Crippen LogP contribution in [0.4, 0.5) is 0 Å². The van der Waals surface area contributed by atoms with Crippen molar-refractivity contribution in [3.05, 3.63) is 0 Å². The van der Waals surface area contributed by atoms with Crippen LogP contribution in [0.2, 0.25) is 0 Å². The van der Waals surface area contributed by atoms with Gasteiger partial charge < -0.3 is 16.2 Å². The minimum atomic E-state index is -0.766. The molecule has 0 bridgehead atoms. The Morgan fingerprint density at radius 2 is 2.00 bits per heavy atom. The van der Waals surface area contributed by atoms with Gasteiger partial charge in [0.1, 0.15) is 0 Å². The van der Waals surface area contributed by atoms with E-state index < -0.39 is 5.97 Å². The first-order valence-corrected chi connectivity index (χ1v) is 6.48. The molecule has 1 saturated carbocycles. The maximum Gasteiger partial charge on any atom is 0.306 e. The smallest absolute Gasteiger partial charge is 0.306 e. The predicted octanol–water partition coefficient (Wildman–Crippen LogP) is 1.12. The fourth-order valence-corrected chi connectivity index (χ4v) is 2.13. The van der Waals surface area contributed by atoms with E-state index >= 15 is 0 Å². The van der Waals surface area contributed by atoms with Gasteiger partial charge in [0, 0.05) is 18.5 Å². The van der Waals surface area contributed by atoms with Crippen molar-refractivity contribution in [2.24, 2.45) is 17.1 Å². The van der Waals surface area contributed by atoms with Crippen molar-refractivity contribution in [3.63, 3.8) is 0 Å². The molecule has 0 heterocycles. The highest BCUT2D eigenvalue weighted by atomic mass is 16.4. The molecule has 0 aromatic heterocycles. The van der Waals surface area contributed by atoms with E-state index in [1.807, 2.05) is 20.8 Å². The highest BCUT2D eigenvalue weighted by molar-refractivity contribution is 5.77. The predicted molar refractivity (Wildman–Crippen MR) is 69.0 cm³/mol. The van der Waals surface area contributed by atoms with Crippen LogP contribution in [-0.4, -0.2) is 29.1 Å². The fraction of sp³-hybridized carbons (Fsp3) is 0.846. The van der Waals surface area contributed by atoms with Crippen molar-refractivity contribution in [1.29, 1.82) is 0 Å². The standard InChI is InChI=1S/C13H24N2O3/c1-13(2,3)10(14)7-11(16)15-9-5-4-8(6-9)12(17)18/h8-10H,4-7,14H2,1-3H3,(H,15,16)(H,17,18). The normalized spacial score (nSPS) is 25.8. The fourth-order valence-electron chi connectivity index (χ4n) is 2.13. The van der Waals surface area contributed by atoms with Crippen LogP contribution >= 0.6 is 0 Å². The zero-order valence-electron chi connectivity index (χ0n) is 11.4. The van der Waals surface area contributed by atoms with E-state index in [1.165, 1.54) is 0 Å². The molecule has 5 heteroatoms. The topological polar surface area (TPSA) is 92.4 Å². The van der Waals surface area contributed by atoms with Crippen molar-refractivity contribution >= 4 is 11.9 Å². The van der Waals surface area contributed by atoms with Crippen molar-refractivity contribution < 1.29 is 14.7 Å². The Bertz CT molecular complexity index is 323. The molecule has 0 aromatic carbocycles. The van der Waals surface area contributed by atoms with Crippen LogP contribution in [0.5, 0.6) is 0 Å². The molecule has 0 aliphatic heterocycles. The van der Waals surface area contributed by atoms with Gasteiger partial charge in [0.25, 0.3) is 0 Å². The summed E-state index contributed by atoms with van der Waals surface area (Å²) in [6.07, 6.45) is 2.21. The summed E-state index contributed by atoms with van der Waals surface area (Å²) in [7, 11) is 0. The lowest BCUT2D eigenvalue weighted by Crippen LogP contribution is -2.42. The van der Waals surface area contributed by atoms with Crippen LogP contribution in [0, 0.1) is 11.3 Å². The molecule has 1 aliphatic rings. The van der Waals surface area contributed by atoms with Crippen molar-refractivity contribution in [2.45, 2.75) is 58.5 Å². The van der Waals surface area contributed by atoms with Crippen molar-refractivity contribution in [2.75, 3.05) is 0 Å². The largest absolute Gasteiger partial charge is 0.481 e. The van der Waals surface area contributed by atoms with E-state index in [-0.39, 0.29) is 35.7 Å². The van der Waals surface area contributed by atoms with Gasteiger partial charge in [-0.3, -0.25) is 9.59 Å². The number of amides is 1. The Labute approximate surface area is 108 Å². The van der Waals surface area contributed by atoms with Gasteiger partial charge in [0.05, 0.1) is 5.92 Å². The molecule has 3 atom stereocenters. The second kappa shape index (κ2) is 5.69. The molecule has 0 aromatic rings. The number of carboxylic acid groups (broad SMARTS) is 1. The van der Waals surface area contributed by atoms with Gasteiger partial charge in [0.15, 0.2) is 0 Å². The average Bonchev–Trinajstić information content (AvgIpc) is 2.64. The molecule has 3 unspecified atom stereocenters.